The summed E-state index contributed by atoms with van der Waals surface area (Å²) in [5.41, 5.74) is 4.79. The van der Waals surface area contributed by atoms with Crippen molar-refractivity contribution in [2.24, 2.45) is 0 Å². The first-order valence-electron chi connectivity index (χ1n) is 10.4. The van der Waals surface area contributed by atoms with Gasteiger partial charge in [0.2, 0.25) is 10.1 Å². The highest BCUT2D eigenvalue weighted by Crippen LogP contribution is 2.27. The lowest BCUT2D eigenvalue weighted by Crippen LogP contribution is -2.33. The molecule has 0 saturated heterocycles. The summed E-state index contributed by atoms with van der Waals surface area (Å²) in [5, 5.41) is 8.78. The van der Waals surface area contributed by atoms with Gasteiger partial charge in [-0.25, -0.2) is 14.3 Å². The third kappa shape index (κ3) is 4.29. The zero-order valence-corrected chi connectivity index (χ0v) is 19.0. The van der Waals surface area contributed by atoms with Crippen molar-refractivity contribution in [3.05, 3.63) is 65.6 Å². The molecule has 1 amide bonds. The van der Waals surface area contributed by atoms with Gasteiger partial charge in [-0.3, -0.25) is 9.88 Å². The Labute approximate surface area is 189 Å². The van der Waals surface area contributed by atoms with Crippen molar-refractivity contribution in [1.29, 1.82) is 0 Å². The van der Waals surface area contributed by atoms with Gasteiger partial charge in [0.15, 0.2) is 0 Å². The molecule has 9 heteroatoms. The fraction of sp³-hybridized carbons (Fsp3) is 0.304. The molecule has 0 saturated carbocycles. The fourth-order valence-electron chi connectivity index (χ4n) is 3.62. The van der Waals surface area contributed by atoms with Crippen LogP contribution in [-0.2, 0) is 24.4 Å². The number of amides is 1. The summed E-state index contributed by atoms with van der Waals surface area (Å²) in [5.74, 6) is 0. The second-order valence-electron chi connectivity index (χ2n) is 8.80. The van der Waals surface area contributed by atoms with Crippen LogP contribution in [0, 0.1) is 0 Å². The number of rotatable bonds is 4. The Morgan fingerprint density at radius 3 is 2.81 bits per heavy atom. The molecule has 8 nitrogen and oxygen atoms in total. The molecular formula is C23H24N6O2S. The summed E-state index contributed by atoms with van der Waals surface area (Å²) >= 11 is 1.51. The SMILES string of the molecule is CC(C)(C)OC(=O)N1Cc2ccc(CNc3nn4cc(-c5cccnc5)nc4s3)cc2C1. The lowest BCUT2D eigenvalue weighted by atomic mass is 10.1. The number of aromatic nitrogens is 4. The predicted octanol–water partition coefficient (Wildman–Crippen LogP) is 4.72. The number of benzene rings is 1. The molecule has 0 aliphatic carbocycles. The van der Waals surface area contributed by atoms with Gasteiger partial charge in [-0.05, 0) is 49.6 Å². The van der Waals surface area contributed by atoms with Crippen molar-refractivity contribution in [3.8, 4) is 11.3 Å². The van der Waals surface area contributed by atoms with Gasteiger partial charge in [-0.1, -0.05) is 29.5 Å². The number of fused-ring (bicyclic) bond motifs is 2. The number of ether oxygens (including phenoxy) is 1. The summed E-state index contributed by atoms with van der Waals surface area (Å²) in [6, 6.07) is 10.2. The van der Waals surface area contributed by atoms with E-state index < -0.39 is 5.60 Å². The lowest BCUT2D eigenvalue weighted by Gasteiger charge is -2.24. The molecule has 1 aliphatic heterocycles. The maximum Gasteiger partial charge on any atom is 0.410 e. The third-order valence-corrected chi connectivity index (χ3v) is 5.97. The normalized spacial score (nSPS) is 13.4. The van der Waals surface area contributed by atoms with Gasteiger partial charge < -0.3 is 10.1 Å². The molecule has 164 valence electrons. The van der Waals surface area contributed by atoms with Crippen LogP contribution in [0.25, 0.3) is 16.2 Å². The Kier molecular flexibility index (Phi) is 5.05. The monoisotopic (exact) mass is 448 g/mol. The summed E-state index contributed by atoms with van der Waals surface area (Å²) in [7, 11) is 0. The van der Waals surface area contributed by atoms with Crippen LogP contribution in [0.3, 0.4) is 0 Å². The Balaban J connectivity index is 1.23. The minimum atomic E-state index is -0.493. The van der Waals surface area contributed by atoms with Gasteiger partial charge in [0.25, 0.3) is 0 Å². The van der Waals surface area contributed by atoms with Crippen LogP contribution < -0.4 is 5.32 Å². The van der Waals surface area contributed by atoms with Crippen LogP contribution >= 0.6 is 11.3 Å². The highest BCUT2D eigenvalue weighted by Gasteiger charge is 2.27. The molecule has 1 aliphatic rings. The van der Waals surface area contributed by atoms with Crippen LogP contribution in [0.15, 0.2) is 48.9 Å². The van der Waals surface area contributed by atoms with E-state index in [-0.39, 0.29) is 6.09 Å². The van der Waals surface area contributed by atoms with E-state index in [0.717, 1.165) is 38.0 Å². The van der Waals surface area contributed by atoms with E-state index in [1.807, 2.05) is 39.1 Å². The molecule has 32 heavy (non-hydrogen) atoms. The maximum absolute atomic E-state index is 12.4. The molecule has 3 aromatic heterocycles. The van der Waals surface area contributed by atoms with E-state index in [1.165, 1.54) is 11.3 Å². The standard InChI is InChI=1S/C23H24N6O2S/c1-23(2,3)31-22(30)28-12-17-7-6-15(9-18(17)13-28)10-25-20-27-29-14-19(26-21(29)32-20)16-5-4-8-24-11-16/h4-9,11,14H,10,12-13H2,1-3H3,(H,25,27). The number of hydrogen-bond acceptors (Lipinski definition) is 7. The fourth-order valence-corrected chi connectivity index (χ4v) is 4.39. The Morgan fingerprint density at radius 1 is 1.22 bits per heavy atom. The van der Waals surface area contributed by atoms with E-state index in [1.54, 1.807) is 21.8 Å². The molecule has 4 aromatic rings. The number of nitrogens with zero attached hydrogens (tertiary/aromatic N) is 5. The molecule has 0 unspecified atom stereocenters. The summed E-state index contributed by atoms with van der Waals surface area (Å²) in [6.45, 7) is 7.45. The number of carbonyl (C=O) groups is 1. The first-order valence-corrected chi connectivity index (χ1v) is 11.2. The molecule has 5 rings (SSSR count). The van der Waals surface area contributed by atoms with Crippen molar-refractivity contribution in [1.82, 2.24) is 24.5 Å². The van der Waals surface area contributed by atoms with Crippen LogP contribution in [0.5, 0.6) is 0 Å². The Bertz CT molecular complexity index is 1240. The van der Waals surface area contributed by atoms with Gasteiger partial charge in [0.1, 0.15) is 5.60 Å². The third-order valence-electron chi connectivity index (χ3n) is 5.09. The first kappa shape index (κ1) is 20.4. The molecule has 0 spiro atoms. The number of imidazole rings is 1. The minimum absolute atomic E-state index is 0.273. The predicted molar refractivity (Wildman–Crippen MR) is 123 cm³/mol. The molecule has 4 heterocycles. The second kappa shape index (κ2) is 7.90. The summed E-state index contributed by atoms with van der Waals surface area (Å²) < 4.78 is 7.29. The topological polar surface area (TPSA) is 84.7 Å². The molecule has 1 aromatic carbocycles. The average Bonchev–Trinajstić information content (AvgIpc) is 3.44. The molecule has 0 bridgehead atoms. The number of carbonyl (C=O) groups excluding carboxylic acids is 1. The van der Waals surface area contributed by atoms with Gasteiger partial charge in [0, 0.05) is 37.6 Å². The molecule has 0 atom stereocenters. The Hall–Kier alpha value is -3.46. The maximum atomic E-state index is 12.4. The highest BCUT2D eigenvalue weighted by molar-refractivity contribution is 7.20. The van der Waals surface area contributed by atoms with E-state index in [4.69, 9.17) is 4.74 Å². The van der Waals surface area contributed by atoms with Gasteiger partial charge in [0.05, 0.1) is 11.9 Å². The van der Waals surface area contributed by atoms with Gasteiger partial charge >= 0.3 is 6.09 Å². The van der Waals surface area contributed by atoms with E-state index in [0.29, 0.717) is 19.6 Å². The van der Waals surface area contributed by atoms with Crippen molar-refractivity contribution < 1.29 is 9.53 Å². The molecular weight excluding hydrogens is 424 g/mol. The summed E-state index contributed by atoms with van der Waals surface area (Å²) in [6.07, 6.45) is 5.18. The van der Waals surface area contributed by atoms with Gasteiger partial charge in [-0.2, -0.15) is 0 Å². The van der Waals surface area contributed by atoms with Crippen molar-refractivity contribution >= 4 is 27.5 Å². The van der Waals surface area contributed by atoms with Crippen LogP contribution in [0.4, 0.5) is 9.93 Å². The van der Waals surface area contributed by atoms with Crippen molar-refractivity contribution in [2.45, 2.75) is 46.0 Å². The highest BCUT2D eigenvalue weighted by atomic mass is 32.1. The second-order valence-corrected chi connectivity index (χ2v) is 9.75. The zero-order valence-electron chi connectivity index (χ0n) is 18.2. The van der Waals surface area contributed by atoms with E-state index in [9.17, 15) is 4.79 Å². The number of pyridine rings is 1. The average molecular weight is 449 g/mol. The van der Waals surface area contributed by atoms with Crippen LogP contribution in [0.1, 0.15) is 37.5 Å². The van der Waals surface area contributed by atoms with Crippen molar-refractivity contribution in [2.75, 3.05) is 5.32 Å². The first-order chi connectivity index (χ1) is 15.3. The zero-order chi connectivity index (χ0) is 22.3. The van der Waals surface area contributed by atoms with Gasteiger partial charge in [-0.15, -0.1) is 5.10 Å². The lowest BCUT2D eigenvalue weighted by molar-refractivity contribution is 0.0242. The largest absolute Gasteiger partial charge is 0.444 e. The summed E-state index contributed by atoms with van der Waals surface area (Å²) in [4.78, 5) is 23.7. The van der Waals surface area contributed by atoms with E-state index >= 15 is 0 Å². The Morgan fingerprint density at radius 2 is 2.06 bits per heavy atom. The van der Waals surface area contributed by atoms with Crippen LogP contribution in [0.2, 0.25) is 0 Å². The number of hydrogen-bond donors (Lipinski definition) is 1. The van der Waals surface area contributed by atoms with E-state index in [2.05, 4.69) is 38.6 Å². The van der Waals surface area contributed by atoms with Crippen LogP contribution in [-0.4, -0.2) is 36.2 Å². The molecule has 0 radical (unpaired) electrons. The number of anilines is 1. The van der Waals surface area contributed by atoms with Crippen molar-refractivity contribution in [3.63, 3.8) is 0 Å². The molecule has 1 N–H and O–H groups in total. The smallest absolute Gasteiger partial charge is 0.410 e. The molecule has 0 fully saturated rings. The number of nitrogens with one attached hydrogen (secondary N) is 1. The minimum Gasteiger partial charge on any atom is -0.444 e. The quantitative estimate of drug-likeness (QED) is 0.486.